The molecule has 0 aliphatic carbocycles. The summed E-state index contributed by atoms with van der Waals surface area (Å²) in [6.07, 6.45) is 1.15. The molecular formula is C20H18F2N4O2. The Hall–Kier alpha value is -3.55. The van der Waals surface area contributed by atoms with E-state index in [0.717, 1.165) is 12.1 Å². The average molecular weight is 384 g/mol. The maximum Gasteiger partial charge on any atom is 0.274 e. The van der Waals surface area contributed by atoms with Crippen LogP contribution in [0.4, 0.5) is 26.0 Å². The minimum absolute atomic E-state index is 0.0518. The van der Waals surface area contributed by atoms with Crippen molar-refractivity contribution in [3.05, 3.63) is 72.2 Å². The second kappa shape index (κ2) is 8.43. The van der Waals surface area contributed by atoms with Gasteiger partial charge in [-0.1, -0.05) is 12.1 Å². The van der Waals surface area contributed by atoms with Crippen LogP contribution in [0.3, 0.4) is 0 Å². The quantitative estimate of drug-likeness (QED) is 0.653. The molecule has 0 saturated carbocycles. The number of carbonyl (C=O) groups excluding carboxylic acids is 1. The molecule has 0 aliphatic rings. The van der Waals surface area contributed by atoms with Crippen LogP contribution in [0.25, 0.3) is 0 Å². The number of anilines is 3. The Morgan fingerprint density at radius 2 is 1.82 bits per heavy atom. The zero-order valence-corrected chi connectivity index (χ0v) is 15.2. The highest BCUT2D eigenvalue weighted by atomic mass is 19.2. The van der Waals surface area contributed by atoms with Gasteiger partial charge >= 0.3 is 0 Å². The van der Waals surface area contributed by atoms with Crippen molar-refractivity contribution < 1.29 is 18.3 Å². The van der Waals surface area contributed by atoms with Gasteiger partial charge in [-0.25, -0.2) is 18.7 Å². The number of amides is 1. The Balaban J connectivity index is 1.76. The van der Waals surface area contributed by atoms with Crippen LogP contribution in [0.5, 0.6) is 5.75 Å². The molecule has 0 fully saturated rings. The van der Waals surface area contributed by atoms with Crippen molar-refractivity contribution in [3.63, 3.8) is 0 Å². The molecule has 2 N–H and O–H groups in total. The minimum Gasteiger partial charge on any atom is -0.489 e. The van der Waals surface area contributed by atoms with Crippen molar-refractivity contribution in [2.45, 2.75) is 20.0 Å². The molecule has 0 unspecified atom stereocenters. The molecule has 28 heavy (non-hydrogen) atoms. The lowest BCUT2D eigenvalue weighted by Gasteiger charge is -2.14. The van der Waals surface area contributed by atoms with E-state index in [1.54, 1.807) is 18.2 Å². The van der Waals surface area contributed by atoms with Crippen molar-refractivity contribution in [2.75, 3.05) is 10.6 Å². The Kier molecular flexibility index (Phi) is 5.78. The van der Waals surface area contributed by atoms with E-state index in [0.29, 0.717) is 17.1 Å². The van der Waals surface area contributed by atoms with Crippen molar-refractivity contribution >= 4 is 23.1 Å². The second-order valence-electron chi connectivity index (χ2n) is 6.16. The molecule has 3 aromatic rings. The molecule has 0 atom stereocenters. The fraction of sp³-hybridized carbons (Fsp3) is 0.150. The number of hydrogen-bond acceptors (Lipinski definition) is 5. The van der Waals surface area contributed by atoms with Crippen LogP contribution >= 0.6 is 0 Å². The number of rotatable bonds is 6. The molecule has 144 valence electrons. The van der Waals surface area contributed by atoms with E-state index < -0.39 is 17.5 Å². The molecule has 0 saturated heterocycles. The van der Waals surface area contributed by atoms with Crippen LogP contribution in [-0.4, -0.2) is 22.0 Å². The van der Waals surface area contributed by atoms with E-state index in [1.807, 2.05) is 19.9 Å². The van der Waals surface area contributed by atoms with Gasteiger partial charge < -0.3 is 15.4 Å². The highest BCUT2D eigenvalue weighted by Gasteiger charge is 2.13. The lowest BCUT2D eigenvalue weighted by Crippen LogP contribution is -2.16. The van der Waals surface area contributed by atoms with E-state index in [2.05, 4.69) is 20.6 Å². The summed E-state index contributed by atoms with van der Waals surface area (Å²) in [6, 6.07) is 11.8. The highest BCUT2D eigenvalue weighted by Crippen LogP contribution is 2.25. The van der Waals surface area contributed by atoms with Gasteiger partial charge in [0.15, 0.2) is 11.6 Å². The van der Waals surface area contributed by atoms with E-state index >= 15 is 0 Å². The zero-order valence-electron chi connectivity index (χ0n) is 15.2. The van der Waals surface area contributed by atoms with Crippen LogP contribution in [0.15, 0.2) is 54.9 Å². The first-order valence-corrected chi connectivity index (χ1v) is 8.53. The number of halogens is 2. The van der Waals surface area contributed by atoms with Gasteiger partial charge in [0.25, 0.3) is 5.91 Å². The topological polar surface area (TPSA) is 76.1 Å². The van der Waals surface area contributed by atoms with E-state index in [4.69, 9.17) is 4.74 Å². The van der Waals surface area contributed by atoms with Gasteiger partial charge in [-0.05, 0) is 38.1 Å². The van der Waals surface area contributed by atoms with Crippen molar-refractivity contribution in [2.24, 2.45) is 0 Å². The van der Waals surface area contributed by atoms with Gasteiger partial charge in [0.05, 0.1) is 11.8 Å². The number of para-hydroxylation sites is 2. The van der Waals surface area contributed by atoms with Crippen LogP contribution < -0.4 is 15.4 Å². The molecule has 0 spiro atoms. The fourth-order valence-electron chi connectivity index (χ4n) is 2.38. The van der Waals surface area contributed by atoms with Crippen molar-refractivity contribution in [3.8, 4) is 5.75 Å². The molecule has 0 aliphatic heterocycles. The summed E-state index contributed by atoms with van der Waals surface area (Å²) >= 11 is 0. The van der Waals surface area contributed by atoms with Crippen LogP contribution in [0.1, 0.15) is 24.3 Å². The predicted octanol–water partition coefficient (Wildman–Crippen LogP) is 4.54. The number of nitrogens with zero attached hydrogens (tertiary/aromatic N) is 2. The van der Waals surface area contributed by atoms with Crippen LogP contribution in [-0.2, 0) is 0 Å². The van der Waals surface area contributed by atoms with Gasteiger partial charge in [-0.3, -0.25) is 4.79 Å². The van der Waals surface area contributed by atoms with E-state index in [1.165, 1.54) is 18.5 Å². The largest absolute Gasteiger partial charge is 0.489 e. The zero-order chi connectivity index (χ0) is 20.1. The van der Waals surface area contributed by atoms with Gasteiger partial charge in [0.2, 0.25) is 0 Å². The maximum absolute atomic E-state index is 13.3. The van der Waals surface area contributed by atoms with Crippen LogP contribution in [0.2, 0.25) is 0 Å². The summed E-state index contributed by atoms with van der Waals surface area (Å²) in [7, 11) is 0. The number of carbonyl (C=O) groups is 1. The fourth-order valence-corrected chi connectivity index (χ4v) is 2.38. The molecule has 0 radical (unpaired) electrons. The third kappa shape index (κ3) is 4.79. The normalized spacial score (nSPS) is 10.6. The Morgan fingerprint density at radius 1 is 1.04 bits per heavy atom. The Morgan fingerprint density at radius 3 is 2.57 bits per heavy atom. The highest BCUT2D eigenvalue weighted by molar-refractivity contribution is 6.04. The maximum atomic E-state index is 13.3. The number of benzene rings is 2. The molecule has 3 rings (SSSR count). The number of hydrogen-bond donors (Lipinski definition) is 2. The molecule has 2 aromatic carbocycles. The smallest absolute Gasteiger partial charge is 0.274 e. The van der Waals surface area contributed by atoms with Gasteiger partial charge in [0, 0.05) is 17.8 Å². The minimum atomic E-state index is -0.987. The summed E-state index contributed by atoms with van der Waals surface area (Å²) in [6.45, 7) is 3.78. The number of aromatic nitrogens is 2. The summed E-state index contributed by atoms with van der Waals surface area (Å²) in [5.74, 6) is -1.59. The van der Waals surface area contributed by atoms with Crippen LogP contribution in [0, 0.1) is 11.6 Å². The predicted molar refractivity (Wildman–Crippen MR) is 102 cm³/mol. The first-order chi connectivity index (χ1) is 13.4. The number of ether oxygens (including phenoxy) is 1. The summed E-state index contributed by atoms with van der Waals surface area (Å²) in [5, 5.41) is 5.55. The van der Waals surface area contributed by atoms with E-state index in [-0.39, 0.29) is 17.6 Å². The SMILES string of the molecule is CC(C)Oc1ccccc1NC(=O)c1cc(Nc2ccc(F)c(F)c2)ncn1. The number of nitrogens with one attached hydrogen (secondary N) is 2. The van der Waals surface area contributed by atoms with Gasteiger partial charge in [-0.2, -0.15) is 0 Å². The van der Waals surface area contributed by atoms with Crippen molar-refractivity contribution in [1.82, 2.24) is 9.97 Å². The lowest BCUT2D eigenvalue weighted by atomic mass is 10.2. The Labute approximate surface area is 160 Å². The third-order valence-corrected chi connectivity index (χ3v) is 3.59. The molecule has 1 heterocycles. The molecule has 1 aromatic heterocycles. The van der Waals surface area contributed by atoms with Gasteiger partial charge in [0.1, 0.15) is 23.6 Å². The summed E-state index contributed by atoms with van der Waals surface area (Å²) < 4.78 is 32.1. The first-order valence-electron chi connectivity index (χ1n) is 8.53. The molecular weight excluding hydrogens is 366 g/mol. The first kappa shape index (κ1) is 19.2. The average Bonchev–Trinajstić information content (AvgIpc) is 2.66. The molecule has 8 heteroatoms. The van der Waals surface area contributed by atoms with E-state index in [9.17, 15) is 13.6 Å². The van der Waals surface area contributed by atoms with Crippen molar-refractivity contribution in [1.29, 1.82) is 0 Å². The summed E-state index contributed by atoms with van der Waals surface area (Å²) in [4.78, 5) is 20.5. The molecule has 1 amide bonds. The second-order valence-corrected chi connectivity index (χ2v) is 6.16. The molecule has 0 bridgehead atoms. The Bertz CT molecular complexity index is 995. The third-order valence-electron chi connectivity index (χ3n) is 3.59. The summed E-state index contributed by atoms with van der Waals surface area (Å²) in [5.41, 5.74) is 0.897. The standard InChI is InChI=1S/C20H18F2N4O2/c1-12(2)28-18-6-4-3-5-16(18)26-20(27)17-10-19(24-11-23-17)25-13-7-8-14(21)15(22)9-13/h3-12H,1-2H3,(H,26,27)(H,23,24,25). The lowest BCUT2D eigenvalue weighted by molar-refractivity contribution is 0.102. The molecule has 6 nitrogen and oxygen atoms in total. The monoisotopic (exact) mass is 384 g/mol. The van der Waals surface area contributed by atoms with Gasteiger partial charge in [-0.15, -0.1) is 0 Å².